The van der Waals surface area contributed by atoms with Crippen LogP contribution in [0.25, 0.3) is 0 Å². The molecular weight excluding hydrogens is 402 g/mol. The summed E-state index contributed by atoms with van der Waals surface area (Å²) in [6.07, 6.45) is 0. The molecule has 1 N–H and O–H groups in total. The molecule has 3 aromatic rings. The van der Waals surface area contributed by atoms with E-state index in [0.29, 0.717) is 22.8 Å². The molecule has 0 spiro atoms. The normalized spacial score (nSPS) is 11.1. The Bertz CT molecular complexity index is 996. The molecule has 1 heterocycles. The van der Waals surface area contributed by atoms with E-state index in [0.717, 1.165) is 16.2 Å². The van der Waals surface area contributed by atoms with Crippen molar-refractivity contribution in [2.45, 2.75) is 9.10 Å². The molecule has 0 saturated carbocycles. The van der Waals surface area contributed by atoms with Gasteiger partial charge in [0.1, 0.15) is 9.96 Å². The minimum absolute atomic E-state index is 0.0186. The van der Waals surface area contributed by atoms with E-state index in [2.05, 4.69) is 4.72 Å². The van der Waals surface area contributed by atoms with Gasteiger partial charge < -0.3 is 4.74 Å². The maximum atomic E-state index is 12.3. The number of thiophene rings is 1. The highest BCUT2D eigenvalue weighted by Gasteiger charge is 2.15. The van der Waals surface area contributed by atoms with Crippen LogP contribution in [-0.2, 0) is 10.0 Å². The van der Waals surface area contributed by atoms with E-state index in [9.17, 15) is 13.2 Å². The predicted molar refractivity (Wildman–Crippen MR) is 110 cm³/mol. The van der Waals surface area contributed by atoms with E-state index >= 15 is 0 Å². The number of carbonyl (C=O) groups is 1. The van der Waals surface area contributed by atoms with Crippen LogP contribution in [-0.4, -0.2) is 27.1 Å². The average molecular weight is 420 g/mol. The van der Waals surface area contributed by atoms with Crippen molar-refractivity contribution in [3.63, 3.8) is 0 Å². The predicted octanol–water partition coefficient (Wildman–Crippen LogP) is 4.53. The summed E-state index contributed by atoms with van der Waals surface area (Å²) in [6, 6.07) is 17.2. The SMILES string of the molecule is COc1ccc(C(=O)CSc2ccc(NS(=O)(=O)c3cccs3)cc2)cc1. The smallest absolute Gasteiger partial charge is 0.271 e. The molecule has 2 aromatic carbocycles. The first-order valence-corrected chi connectivity index (χ1v) is 11.3. The number of ketones is 1. The molecule has 0 aliphatic carbocycles. The molecule has 0 radical (unpaired) electrons. The highest BCUT2D eigenvalue weighted by atomic mass is 32.2. The van der Waals surface area contributed by atoms with Gasteiger partial charge >= 0.3 is 0 Å². The Morgan fingerprint density at radius 3 is 2.37 bits per heavy atom. The van der Waals surface area contributed by atoms with Crippen LogP contribution >= 0.6 is 23.1 Å². The molecule has 0 amide bonds. The highest BCUT2D eigenvalue weighted by molar-refractivity contribution is 8.00. The average Bonchev–Trinajstić information content (AvgIpc) is 3.23. The molecule has 0 atom stereocenters. The number of carbonyl (C=O) groups excluding carboxylic acids is 1. The fraction of sp³-hybridized carbons (Fsp3) is 0.105. The van der Waals surface area contributed by atoms with Crippen LogP contribution in [0.1, 0.15) is 10.4 Å². The summed E-state index contributed by atoms with van der Waals surface area (Å²) in [7, 11) is -1.97. The van der Waals surface area contributed by atoms with Crippen LogP contribution in [0.3, 0.4) is 0 Å². The van der Waals surface area contributed by atoms with Crippen LogP contribution in [0.2, 0.25) is 0 Å². The molecule has 0 saturated heterocycles. The van der Waals surface area contributed by atoms with Crippen LogP contribution in [0.5, 0.6) is 5.75 Å². The summed E-state index contributed by atoms with van der Waals surface area (Å²) in [4.78, 5) is 13.1. The lowest BCUT2D eigenvalue weighted by molar-refractivity contribution is 0.102. The van der Waals surface area contributed by atoms with Gasteiger partial charge in [0.15, 0.2) is 5.78 Å². The van der Waals surface area contributed by atoms with Crippen LogP contribution in [0, 0.1) is 0 Å². The molecule has 0 bridgehead atoms. The molecular formula is C19H17NO4S3. The summed E-state index contributed by atoms with van der Waals surface area (Å²) < 4.78 is 32.3. The van der Waals surface area contributed by atoms with Crippen molar-refractivity contribution in [2.24, 2.45) is 0 Å². The zero-order valence-electron chi connectivity index (χ0n) is 14.4. The molecule has 0 unspecified atom stereocenters. The van der Waals surface area contributed by atoms with Crippen molar-refractivity contribution < 1.29 is 17.9 Å². The molecule has 1 aromatic heterocycles. The number of benzene rings is 2. The number of thioether (sulfide) groups is 1. The number of Topliss-reactive ketones (excluding diaryl/α,β-unsaturated/α-hetero) is 1. The number of ether oxygens (including phenoxy) is 1. The van der Waals surface area contributed by atoms with Crippen molar-refractivity contribution >= 4 is 44.6 Å². The molecule has 0 aliphatic rings. The van der Waals surface area contributed by atoms with Gasteiger partial charge in [0.2, 0.25) is 0 Å². The fourth-order valence-electron chi connectivity index (χ4n) is 2.25. The second-order valence-corrected chi connectivity index (χ2v) is 9.41. The van der Waals surface area contributed by atoms with Crippen molar-refractivity contribution in [2.75, 3.05) is 17.6 Å². The summed E-state index contributed by atoms with van der Waals surface area (Å²) in [5.41, 5.74) is 1.11. The second-order valence-electron chi connectivity index (χ2n) is 5.50. The number of rotatable bonds is 8. The van der Waals surface area contributed by atoms with Crippen molar-refractivity contribution in [1.29, 1.82) is 0 Å². The summed E-state index contributed by atoms with van der Waals surface area (Å²) in [6.45, 7) is 0. The standard InChI is InChI=1S/C19H17NO4S3/c1-24-16-8-4-14(5-9-16)18(21)13-26-17-10-6-15(7-11-17)20-27(22,23)19-3-2-12-25-19/h2-12,20H,13H2,1H3. The van der Waals surface area contributed by atoms with Gasteiger partial charge in [0.05, 0.1) is 12.9 Å². The van der Waals surface area contributed by atoms with E-state index in [4.69, 9.17) is 4.74 Å². The first-order valence-electron chi connectivity index (χ1n) is 7.94. The Balaban J connectivity index is 1.58. The van der Waals surface area contributed by atoms with Gasteiger partial charge in [-0.15, -0.1) is 23.1 Å². The van der Waals surface area contributed by atoms with E-state index in [1.807, 2.05) is 0 Å². The lowest BCUT2D eigenvalue weighted by Crippen LogP contribution is -2.11. The van der Waals surface area contributed by atoms with Gasteiger partial charge in [-0.05, 0) is 60.0 Å². The van der Waals surface area contributed by atoms with Crippen LogP contribution in [0.15, 0.2) is 75.1 Å². The maximum Gasteiger partial charge on any atom is 0.271 e. The molecule has 0 fully saturated rings. The molecule has 8 heteroatoms. The Labute approximate surface area is 166 Å². The lowest BCUT2D eigenvalue weighted by atomic mass is 10.1. The monoisotopic (exact) mass is 419 g/mol. The van der Waals surface area contributed by atoms with E-state index in [1.165, 1.54) is 11.8 Å². The molecule has 5 nitrogen and oxygen atoms in total. The van der Waals surface area contributed by atoms with Gasteiger partial charge in [-0.3, -0.25) is 9.52 Å². The molecule has 140 valence electrons. The lowest BCUT2D eigenvalue weighted by Gasteiger charge is -2.07. The van der Waals surface area contributed by atoms with Gasteiger partial charge in [0, 0.05) is 16.1 Å². The van der Waals surface area contributed by atoms with Gasteiger partial charge in [-0.1, -0.05) is 6.07 Å². The van der Waals surface area contributed by atoms with E-state index in [-0.39, 0.29) is 9.99 Å². The van der Waals surface area contributed by atoms with Crippen molar-refractivity contribution in [3.05, 3.63) is 71.6 Å². The van der Waals surface area contributed by atoms with Crippen molar-refractivity contribution in [3.8, 4) is 5.75 Å². The minimum Gasteiger partial charge on any atom is -0.497 e. The van der Waals surface area contributed by atoms with Crippen molar-refractivity contribution in [1.82, 2.24) is 0 Å². The highest BCUT2D eigenvalue weighted by Crippen LogP contribution is 2.24. The summed E-state index contributed by atoms with van der Waals surface area (Å²) >= 11 is 2.57. The largest absolute Gasteiger partial charge is 0.497 e. The van der Waals surface area contributed by atoms with Gasteiger partial charge in [-0.2, -0.15) is 0 Å². The third kappa shape index (κ3) is 5.12. The fourth-order valence-corrected chi connectivity index (χ4v) is 5.09. The molecule has 3 rings (SSSR count). The number of methoxy groups -OCH3 is 1. The first kappa shape index (κ1) is 19.5. The third-order valence-corrected chi connectivity index (χ3v) is 7.44. The summed E-state index contributed by atoms with van der Waals surface area (Å²) in [5, 5.41) is 1.72. The number of hydrogen-bond donors (Lipinski definition) is 1. The quantitative estimate of drug-likeness (QED) is 0.429. The van der Waals surface area contributed by atoms with Crippen LogP contribution in [0.4, 0.5) is 5.69 Å². The van der Waals surface area contributed by atoms with E-state index in [1.54, 1.807) is 73.2 Å². The zero-order chi connectivity index (χ0) is 19.3. The minimum atomic E-state index is -3.55. The summed E-state index contributed by atoms with van der Waals surface area (Å²) in [5.74, 6) is 1.02. The first-order chi connectivity index (χ1) is 13.0. The number of hydrogen-bond acceptors (Lipinski definition) is 6. The Morgan fingerprint density at radius 2 is 1.78 bits per heavy atom. The maximum absolute atomic E-state index is 12.3. The Hall–Kier alpha value is -2.29. The number of sulfonamides is 1. The number of anilines is 1. The van der Waals surface area contributed by atoms with Crippen LogP contribution < -0.4 is 9.46 Å². The number of nitrogens with one attached hydrogen (secondary N) is 1. The van der Waals surface area contributed by atoms with Gasteiger partial charge in [-0.25, -0.2) is 8.42 Å². The molecule has 27 heavy (non-hydrogen) atoms. The third-order valence-electron chi connectivity index (χ3n) is 3.65. The molecule has 0 aliphatic heterocycles. The topological polar surface area (TPSA) is 72.5 Å². The Kier molecular flexibility index (Phi) is 6.20. The van der Waals surface area contributed by atoms with Gasteiger partial charge in [0.25, 0.3) is 10.0 Å². The zero-order valence-corrected chi connectivity index (χ0v) is 16.9. The van der Waals surface area contributed by atoms with E-state index < -0.39 is 10.0 Å². The second kappa shape index (κ2) is 8.60. The Morgan fingerprint density at radius 1 is 1.07 bits per heavy atom.